The Morgan fingerprint density at radius 2 is 2.59 bits per heavy atom. The van der Waals surface area contributed by atoms with Crippen molar-refractivity contribution < 1.29 is 9.32 Å². The van der Waals surface area contributed by atoms with Crippen LogP contribution in [0.2, 0.25) is 0 Å². The summed E-state index contributed by atoms with van der Waals surface area (Å²) in [5.41, 5.74) is 0. The van der Waals surface area contributed by atoms with Crippen molar-refractivity contribution in [1.29, 1.82) is 0 Å². The molecule has 1 saturated heterocycles. The molecule has 6 heteroatoms. The molecule has 0 bridgehead atoms. The van der Waals surface area contributed by atoms with Crippen molar-refractivity contribution in [3.8, 4) is 0 Å². The van der Waals surface area contributed by atoms with Crippen molar-refractivity contribution in [1.82, 2.24) is 20.8 Å². The SMILES string of the molecule is CCC1CCNC(C(=O)NCc2ncon2)C1. The number of nitrogens with one attached hydrogen (secondary N) is 2. The molecule has 2 heterocycles. The van der Waals surface area contributed by atoms with E-state index in [1.165, 1.54) is 6.39 Å². The van der Waals surface area contributed by atoms with E-state index in [0.29, 0.717) is 18.3 Å². The molecule has 1 fully saturated rings. The standard InChI is InChI=1S/C11H18N4O2/c1-2-8-3-4-12-9(5-8)11(16)13-6-10-14-7-17-15-10/h7-9,12H,2-6H2,1H3,(H,13,16). The van der Waals surface area contributed by atoms with Gasteiger partial charge in [0.1, 0.15) is 0 Å². The highest BCUT2D eigenvalue weighted by atomic mass is 16.5. The van der Waals surface area contributed by atoms with Crippen LogP contribution in [0.1, 0.15) is 32.0 Å². The molecule has 0 aliphatic carbocycles. The lowest BCUT2D eigenvalue weighted by molar-refractivity contribution is -0.124. The largest absolute Gasteiger partial charge is 0.347 e. The average molecular weight is 238 g/mol. The zero-order chi connectivity index (χ0) is 12.1. The van der Waals surface area contributed by atoms with E-state index in [1.807, 2.05) is 0 Å². The van der Waals surface area contributed by atoms with E-state index < -0.39 is 0 Å². The summed E-state index contributed by atoms with van der Waals surface area (Å²) in [7, 11) is 0. The van der Waals surface area contributed by atoms with Gasteiger partial charge in [-0.3, -0.25) is 4.79 Å². The van der Waals surface area contributed by atoms with Gasteiger partial charge in [0.15, 0.2) is 5.82 Å². The molecule has 2 unspecified atom stereocenters. The third-order valence-electron chi connectivity index (χ3n) is 3.23. The lowest BCUT2D eigenvalue weighted by Crippen LogP contribution is -2.48. The summed E-state index contributed by atoms with van der Waals surface area (Å²) >= 11 is 0. The summed E-state index contributed by atoms with van der Waals surface area (Å²) in [6.45, 7) is 3.41. The molecule has 17 heavy (non-hydrogen) atoms. The normalized spacial score (nSPS) is 24.5. The second kappa shape index (κ2) is 5.77. The van der Waals surface area contributed by atoms with Crippen LogP contribution in [0.25, 0.3) is 0 Å². The molecule has 1 aliphatic rings. The molecule has 1 aliphatic heterocycles. The Morgan fingerprint density at radius 1 is 1.71 bits per heavy atom. The summed E-state index contributed by atoms with van der Waals surface area (Å²) < 4.78 is 4.60. The second-order valence-electron chi connectivity index (χ2n) is 4.37. The zero-order valence-corrected chi connectivity index (χ0v) is 9.98. The molecule has 1 aromatic heterocycles. The number of rotatable bonds is 4. The van der Waals surface area contributed by atoms with Crippen molar-refractivity contribution in [3.63, 3.8) is 0 Å². The smallest absolute Gasteiger partial charge is 0.237 e. The number of amides is 1. The summed E-state index contributed by atoms with van der Waals surface area (Å²) in [4.78, 5) is 15.7. The fraction of sp³-hybridized carbons (Fsp3) is 0.727. The lowest BCUT2D eigenvalue weighted by Gasteiger charge is -2.28. The predicted molar refractivity (Wildman–Crippen MR) is 61.0 cm³/mol. The van der Waals surface area contributed by atoms with E-state index in [1.54, 1.807) is 0 Å². The molecule has 0 spiro atoms. The van der Waals surface area contributed by atoms with Gasteiger partial charge in [-0.1, -0.05) is 18.5 Å². The summed E-state index contributed by atoms with van der Waals surface area (Å²) in [6.07, 6.45) is 4.46. The highest BCUT2D eigenvalue weighted by molar-refractivity contribution is 5.81. The second-order valence-corrected chi connectivity index (χ2v) is 4.37. The van der Waals surface area contributed by atoms with Gasteiger partial charge in [0.2, 0.25) is 12.3 Å². The number of piperidine rings is 1. The molecule has 0 aromatic carbocycles. The molecule has 2 rings (SSSR count). The first-order chi connectivity index (χ1) is 8.29. The first-order valence-electron chi connectivity index (χ1n) is 6.06. The van der Waals surface area contributed by atoms with Crippen LogP contribution in [-0.2, 0) is 11.3 Å². The fourth-order valence-electron chi connectivity index (χ4n) is 2.13. The highest BCUT2D eigenvalue weighted by Crippen LogP contribution is 2.19. The Bertz CT molecular complexity index is 352. The average Bonchev–Trinajstić information content (AvgIpc) is 2.89. The molecule has 1 amide bonds. The van der Waals surface area contributed by atoms with Crippen LogP contribution in [-0.4, -0.2) is 28.6 Å². The molecule has 2 N–H and O–H groups in total. The zero-order valence-electron chi connectivity index (χ0n) is 9.98. The van der Waals surface area contributed by atoms with Gasteiger partial charge in [0.25, 0.3) is 0 Å². The van der Waals surface area contributed by atoms with Crippen molar-refractivity contribution in [2.75, 3.05) is 6.54 Å². The van der Waals surface area contributed by atoms with Gasteiger partial charge >= 0.3 is 0 Å². The summed E-state index contributed by atoms with van der Waals surface area (Å²) in [5, 5.41) is 9.69. The van der Waals surface area contributed by atoms with E-state index in [2.05, 4.69) is 32.2 Å². The first-order valence-corrected chi connectivity index (χ1v) is 6.06. The topological polar surface area (TPSA) is 80.0 Å². The van der Waals surface area contributed by atoms with Gasteiger partial charge in [-0.15, -0.1) is 0 Å². The molecule has 1 aromatic rings. The fourth-order valence-corrected chi connectivity index (χ4v) is 2.13. The Morgan fingerprint density at radius 3 is 3.29 bits per heavy atom. The molecule has 0 saturated carbocycles. The molecule has 0 radical (unpaired) electrons. The third-order valence-corrected chi connectivity index (χ3v) is 3.23. The van der Waals surface area contributed by atoms with Gasteiger partial charge < -0.3 is 15.2 Å². The quantitative estimate of drug-likeness (QED) is 0.796. The maximum atomic E-state index is 11.9. The molecule has 6 nitrogen and oxygen atoms in total. The number of carbonyl (C=O) groups excluding carboxylic acids is 1. The Kier molecular flexibility index (Phi) is 4.08. The Balaban J connectivity index is 1.79. The van der Waals surface area contributed by atoms with Crippen LogP contribution in [0.15, 0.2) is 10.9 Å². The Labute approximate surface area is 100 Å². The number of aromatic nitrogens is 2. The van der Waals surface area contributed by atoms with Crippen LogP contribution in [0.4, 0.5) is 0 Å². The number of carbonyl (C=O) groups is 1. The van der Waals surface area contributed by atoms with Crippen molar-refractivity contribution in [2.45, 2.75) is 38.8 Å². The Hall–Kier alpha value is -1.43. The van der Waals surface area contributed by atoms with Gasteiger partial charge in [0.05, 0.1) is 12.6 Å². The van der Waals surface area contributed by atoms with E-state index >= 15 is 0 Å². The van der Waals surface area contributed by atoms with Crippen LogP contribution in [0.5, 0.6) is 0 Å². The van der Waals surface area contributed by atoms with Crippen molar-refractivity contribution >= 4 is 5.91 Å². The van der Waals surface area contributed by atoms with Crippen molar-refractivity contribution in [2.24, 2.45) is 5.92 Å². The number of hydrogen-bond acceptors (Lipinski definition) is 5. The highest BCUT2D eigenvalue weighted by Gasteiger charge is 2.25. The van der Waals surface area contributed by atoms with Crippen LogP contribution in [0, 0.1) is 5.92 Å². The van der Waals surface area contributed by atoms with Gasteiger partial charge in [-0.25, -0.2) is 0 Å². The van der Waals surface area contributed by atoms with E-state index in [0.717, 1.165) is 25.8 Å². The minimum atomic E-state index is -0.0828. The maximum Gasteiger partial charge on any atom is 0.237 e. The van der Waals surface area contributed by atoms with E-state index in [-0.39, 0.29) is 11.9 Å². The van der Waals surface area contributed by atoms with Gasteiger partial charge in [-0.2, -0.15) is 4.98 Å². The first kappa shape index (κ1) is 12.0. The number of nitrogens with zero attached hydrogens (tertiary/aromatic N) is 2. The monoisotopic (exact) mass is 238 g/mol. The van der Waals surface area contributed by atoms with E-state index in [4.69, 9.17) is 0 Å². The van der Waals surface area contributed by atoms with Gasteiger partial charge in [0, 0.05) is 0 Å². The predicted octanol–water partition coefficient (Wildman–Crippen LogP) is 0.464. The van der Waals surface area contributed by atoms with E-state index in [9.17, 15) is 4.79 Å². The number of hydrogen-bond donors (Lipinski definition) is 2. The summed E-state index contributed by atoms with van der Waals surface area (Å²) in [6, 6.07) is -0.0828. The van der Waals surface area contributed by atoms with Crippen LogP contribution >= 0.6 is 0 Å². The van der Waals surface area contributed by atoms with Gasteiger partial charge in [-0.05, 0) is 25.3 Å². The molecule has 94 valence electrons. The molecular formula is C11H18N4O2. The molecular weight excluding hydrogens is 220 g/mol. The van der Waals surface area contributed by atoms with Crippen LogP contribution < -0.4 is 10.6 Å². The maximum absolute atomic E-state index is 11.9. The van der Waals surface area contributed by atoms with Crippen molar-refractivity contribution in [3.05, 3.63) is 12.2 Å². The minimum absolute atomic E-state index is 0.0213. The third kappa shape index (κ3) is 3.26. The van der Waals surface area contributed by atoms with Crippen LogP contribution in [0.3, 0.4) is 0 Å². The minimum Gasteiger partial charge on any atom is -0.347 e. The molecule has 2 atom stereocenters. The summed E-state index contributed by atoms with van der Waals surface area (Å²) in [5.74, 6) is 1.17. The lowest BCUT2D eigenvalue weighted by atomic mass is 9.90.